The van der Waals surface area contributed by atoms with E-state index >= 15 is 0 Å². The summed E-state index contributed by atoms with van der Waals surface area (Å²) in [6.45, 7) is 3.61. The molecule has 6 heteroatoms. The van der Waals surface area contributed by atoms with E-state index in [1.54, 1.807) is 19.9 Å². The van der Waals surface area contributed by atoms with Crippen molar-refractivity contribution in [2.24, 2.45) is 0 Å². The van der Waals surface area contributed by atoms with Crippen molar-refractivity contribution in [3.8, 4) is 0 Å². The second-order valence-electron chi connectivity index (χ2n) is 4.66. The predicted molar refractivity (Wildman–Crippen MR) is 70.8 cm³/mol. The number of alkyl halides is 3. The summed E-state index contributed by atoms with van der Waals surface area (Å²) in [6, 6.07) is 6.44. The third-order valence-electron chi connectivity index (χ3n) is 3.06. The van der Waals surface area contributed by atoms with E-state index in [9.17, 15) is 18.0 Å². The van der Waals surface area contributed by atoms with Gasteiger partial charge >= 0.3 is 6.18 Å². The molecule has 3 nitrogen and oxygen atoms in total. The summed E-state index contributed by atoms with van der Waals surface area (Å²) >= 11 is 0. The molecule has 0 unspecified atom stereocenters. The number of carbonyl (C=O) groups excluding carboxylic acids is 1. The van der Waals surface area contributed by atoms with E-state index < -0.39 is 17.6 Å². The summed E-state index contributed by atoms with van der Waals surface area (Å²) in [4.78, 5) is 12.0. The molecule has 0 aliphatic heterocycles. The summed E-state index contributed by atoms with van der Waals surface area (Å²) < 4.78 is 43.8. The highest BCUT2D eigenvalue weighted by atomic mass is 19.4. The number of aryl methyl sites for hydroxylation is 2. The summed E-state index contributed by atoms with van der Waals surface area (Å²) in [5.41, 5.74) is -0.587. The number of benzene rings is 1. The van der Waals surface area contributed by atoms with Gasteiger partial charge in [-0.15, -0.1) is 0 Å². The van der Waals surface area contributed by atoms with Gasteiger partial charge in [-0.05, 0) is 32.0 Å². The maximum atomic E-state index is 12.8. The molecule has 0 aliphatic carbocycles. The molecule has 21 heavy (non-hydrogen) atoms. The Morgan fingerprint density at radius 2 is 1.90 bits per heavy atom. The fraction of sp³-hybridized carbons (Fsp3) is 0.267. The molecule has 1 aromatic heterocycles. The van der Waals surface area contributed by atoms with Gasteiger partial charge in [0.05, 0.1) is 11.1 Å². The Balaban J connectivity index is 2.16. The number of nitrogens with one attached hydrogen (secondary N) is 1. The van der Waals surface area contributed by atoms with Crippen molar-refractivity contribution in [2.75, 3.05) is 0 Å². The lowest BCUT2D eigenvalue weighted by molar-refractivity contribution is -0.137. The molecule has 0 saturated heterocycles. The van der Waals surface area contributed by atoms with Crippen molar-refractivity contribution in [2.45, 2.75) is 26.6 Å². The number of rotatable bonds is 3. The van der Waals surface area contributed by atoms with Gasteiger partial charge < -0.3 is 9.73 Å². The maximum Gasteiger partial charge on any atom is 0.417 e. The van der Waals surface area contributed by atoms with Gasteiger partial charge in [-0.2, -0.15) is 13.2 Å². The zero-order chi connectivity index (χ0) is 15.6. The first-order valence-electron chi connectivity index (χ1n) is 6.29. The molecule has 1 aromatic carbocycles. The Kier molecular flexibility index (Phi) is 4.06. The lowest BCUT2D eigenvalue weighted by atomic mass is 10.1. The van der Waals surface area contributed by atoms with Crippen molar-refractivity contribution in [1.82, 2.24) is 5.32 Å². The van der Waals surface area contributed by atoms with Crippen molar-refractivity contribution < 1.29 is 22.4 Å². The molecule has 0 aliphatic rings. The Bertz CT molecular complexity index is 659. The van der Waals surface area contributed by atoms with Crippen LogP contribution in [0.15, 0.2) is 34.7 Å². The van der Waals surface area contributed by atoms with Gasteiger partial charge in [0, 0.05) is 12.1 Å². The zero-order valence-corrected chi connectivity index (χ0v) is 11.5. The van der Waals surface area contributed by atoms with Gasteiger partial charge in [0.25, 0.3) is 5.91 Å². The SMILES string of the molecule is Cc1cc(CNC(=O)c2ccccc2C(F)(F)F)c(C)o1. The third kappa shape index (κ3) is 3.45. The molecule has 0 bridgehead atoms. The van der Waals surface area contributed by atoms with E-state index in [4.69, 9.17) is 4.42 Å². The zero-order valence-electron chi connectivity index (χ0n) is 11.5. The smallest absolute Gasteiger partial charge is 0.417 e. The molecule has 1 heterocycles. The van der Waals surface area contributed by atoms with Crippen LogP contribution in [0.2, 0.25) is 0 Å². The van der Waals surface area contributed by atoms with Gasteiger partial charge in [0.1, 0.15) is 11.5 Å². The number of furan rings is 1. The minimum Gasteiger partial charge on any atom is -0.466 e. The first kappa shape index (κ1) is 15.2. The van der Waals surface area contributed by atoms with Crippen LogP contribution in [0.25, 0.3) is 0 Å². The van der Waals surface area contributed by atoms with Crippen LogP contribution in [0.1, 0.15) is 33.0 Å². The highest BCUT2D eigenvalue weighted by molar-refractivity contribution is 5.95. The summed E-state index contributed by atoms with van der Waals surface area (Å²) in [6.07, 6.45) is -4.56. The number of halogens is 3. The Hall–Kier alpha value is -2.24. The van der Waals surface area contributed by atoms with E-state index in [1.807, 2.05) is 0 Å². The van der Waals surface area contributed by atoms with E-state index in [0.29, 0.717) is 11.5 Å². The molecule has 1 N–H and O–H groups in total. The van der Waals surface area contributed by atoms with Gasteiger partial charge in [-0.25, -0.2) is 0 Å². The standard InChI is InChI=1S/C15H14F3NO2/c1-9-7-11(10(2)21-9)8-19-14(20)12-5-3-4-6-13(12)15(16,17)18/h3-7H,8H2,1-2H3,(H,19,20). The predicted octanol–water partition coefficient (Wildman–Crippen LogP) is 3.85. The number of carbonyl (C=O) groups is 1. The van der Waals surface area contributed by atoms with Gasteiger partial charge in [-0.1, -0.05) is 12.1 Å². The summed E-state index contributed by atoms with van der Waals surface area (Å²) in [7, 11) is 0. The molecule has 2 aromatic rings. The quantitative estimate of drug-likeness (QED) is 0.935. The monoisotopic (exact) mass is 297 g/mol. The first-order chi connectivity index (χ1) is 9.79. The summed E-state index contributed by atoms with van der Waals surface area (Å²) in [5, 5.41) is 2.48. The topological polar surface area (TPSA) is 42.2 Å². The van der Waals surface area contributed by atoms with E-state index in [-0.39, 0.29) is 12.1 Å². The third-order valence-corrected chi connectivity index (χ3v) is 3.06. The van der Waals surface area contributed by atoms with Gasteiger partial charge in [0.15, 0.2) is 0 Å². The van der Waals surface area contributed by atoms with Crippen LogP contribution < -0.4 is 5.32 Å². The minimum absolute atomic E-state index is 0.119. The normalized spacial score (nSPS) is 11.5. The minimum atomic E-state index is -4.56. The number of hydrogen-bond acceptors (Lipinski definition) is 2. The Morgan fingerprint density at radius 1 is 1.24 bits per heavy atom. The van der Waals surface area contributed by atoms with Crippen molar-refractivity contribution in [3.63, 3.8) is 0 Å². The van der Waals surface area contributed by atoms with Gasteiger partial charge in [0.2, 0.25) is 0 Å². The second kappa shape index (κ2) is 5.63. The van der Waals surface area contributed by atoms with E-state index in [0.717, 1.165) is 17.7 Å². The van der Waals surface area contributed by atoms with Crippen LogP contribution in [0.4, 0.5) is 13.2 Å². The lowest BCUT2D eigenvalue weighted by Gasteiger charge is -2.12. The molecular weight excluding hydrogens is 283 g/mol. The van der Waals surface area contributed by atoms with Crippen LogP contribution in [0.5, 0.6) is 0 Å². The molecule has 0 fully saturated rings. The fourth-order valence-electron chi connectivity index (χ4n) is 2.06. The maximum absolute atomic E-state index is 12.8. The molecule has 0 radical (unpaired) electrons. The van der Waals surface area contributed by atoms with Crippen LogP contribution in [-0.2, 0) is 12.7 Å². The summed E-state index contributed by atoms with van der Waals surface area (Å²) in [5.74, 6) is 0.561. The lowest BCUT2D eigenvalue weighted by Crippen LogP contribution is -2.25. The van der Waals surface area contributed by atoms with Crippen molar-refractivity contribution in [1.29, 1.82) is 0 Å². The number of amides is 1. The second-order valence-corrected chi connectivity index (χ2v) is 4.66. The van der Waals surface area contributed by atoms with Crippen molar-refractivity contribution in [3.05, 3.63) is 58.5 Å². The molecule has 0 atom stereocenters. The Morgan fingerprint density at radius 3 is 2.48 bits per heavy atom. The van der Waals surface area contributed by atoms with Crippen LogP contribution >= 0.6 is 0 Å². The molecule has 0 saturated carbocycles. The largest absolute Gasteiger partial charge is 0.466 e. The van der Waals surface area contributed by atoms with Crippen LogP contribution in [0, 0.1) is 13.8 Å². The highest BCUT2D eigenvalue weighted by Gasteiger charge is 2.34. The molecule has 0 spiro atoms. The first-order valence-corrected chi connectivity index (χ1v) is 6.29. The van der Waals surface area contributed by atoms with Crippen LogP contribution in [0.3, 0.4) is 0 Å². The fourth-order valence-corrected chi connectivity index (χ4v) is 2.06. The molecule has 112 valence electrons. The molecule has 1 amide bonds. The van der Waals surface area contributed by atoms with E-state index in [1.165, 1.54) is 12.1 Å². The Labute approximate surface area is 119 Å². The van der Waals surface area contributed by atoms with Crippen LogP contribution in [-0.4, -0.2) is 5.91 Å². The van der Waals surface area contributed by atoms with Gasteiger partial charge in [-0.3, -0.25) is 4.79 Å². The van der Waals surface area contributed by atoms with E-state index in [2.05, 4.69) is 5.32 Å². The highest BCUT2D eigenvalue weighted by Crippen LogP contribution is 2.31. The average molecular weight is 297 g/mol. The molecular formula is C15H14F3NO2. The molecule has 2 rings (SSSR count). The average Bonchev–Trinajstić information content (AvgIpc) is 2.73. The number of hydrogen-bond donors (Lipinski definition) is 1. The van der Waals surface area contributed by atoms with Crippen molar-refractivity contribution >= 4 is 5.91 Å².